The van der Waals surface area contributed by atoms with Crippen molar-refractivity contribution in [2.75, 3.05) is 65.4 Å². The molecule has 64 heavy (non-hydrogen) atoms. The Balaban J connectivity index is 5.11. The highest BCUT2D eigenvalue weighted by Gasteiger charge is 2.20. The Morgan fingerprint density at radius 3 is 0.750 bits per heavy atom. The molecule has 0 radical (unpaired) electrons. The molecule has 14 N–H and O–H groups in total. The molecule has 15 nitrogen and oxygen atoms in total. The van der Waals surface area contributed by atoms with Gasteiger partial charge in [-0.1, -0.05) is 154 Å². The first-order chi connectivity index (χ1) is 31.2. The van der Waals surface area contributed by atoms with E-state index in [0.29, 0.717) is 11.9 Å². The maximum atomic E-state index is 14.4. The Morgan fingerprint density at radius 1 is 0.328 bits per heavy atom. The number of carbonyl (C=O) groups is 1. The van der Waals surface area contributed by atoms with Crippen LogP contribution in [0.25, 0.3) is 0 Å². The molecule has 0 aliphatic heterocycles. The van der Waals surface area contributed by atoms with Gasteiger partial charge < -0.3 is 54.8 Å². The van der Waals surface area contributed by atoms with Gasteiger partial charge in [0.25, 0.3) is 0 Å². The number of carbonyl (C=O) groups excluding carboxylic acids is 1. The van der Waals surface area contributed by atoms with Gasteiger partial charge in [-0.2, -0.15) is 0 Å². The van der Waals surface area contributed by atoms with Crippen molar-refractivity contribution in [3.05, 3.63) is 0 Å². The number of nitrogens with one attached hydrogen (secondary N) is 2. The minimum atomic E-state index is 0.184. The third-order valence-corrected chi connectivity index (χ3v) is 11.8. The van der Waals surface area contributed by atoms with Crippen molar-refractivity contribution in [1.82, 2.24) is 20.4 Å². The van der Waals surface area contributed by atoms with Crippen LogP contribution >= 0.6 is 0 Å². The van der Waals surface area contributed by atoms with Crippen LogP contribution in [0.15, 0.2) is 20.0 Å². The first-order valence-electron chi connectivity index (χ1n) is 26.4. The number of rotatable bonds is 46. The topological polar surface area (TPSA) is 253 Å². The molecule has 376 valence electrons. The van der Waals surface area contributed by atoms with Gasteiger partial charge in [0, 0.05) is 65.4 Å². The minimum absolute atomic E-state index is 0.184. The monoisotopic (exact) mass is 905 g/mol. The van der Waals surface area contributed by atoms with Crippen molar-refractivity contribution >= 4 is 29.9 Å². The summed E-state index contributed by atoms with van der Waals surface area (Å²) in [6, 6.07) is 0.274. The van der Waals surface area contributed by atoms with E-state index in [0.717, 1.165) is 117 Å². The fourth-order valence-electron chi connectivity index (χ4n) is 8.00. The molecule has 0 aliphatic carbocycles. The summed E-state index contributed by atoms with van der Waals surface area (Å²) in [4.78, 5) is 35.8. The van der Waals surface area contributed by atoms with Crippen LogP contribution in [0.1, 0.15) is 219 Å². The number of hydrogen-bond acceptors (Lipinski definition) is 5. The van der Waals surface area contributed by atoms with Crippen molar-refractivity contribution in [3.8, 4) is 0 Å². The van der Waals surface area contributed by atoms with Crippen molar-refractivity contribution in [1.29, 1.82) is 0 Å². The zero-order valence-electron chi connectivity index (χ0n) is 41.8. The summed E-state index contributed by atoms with van der Waals surface area (Å²) in [5.41, 5.74) is 33.5. The van der Waals surface area contributed by atoms with Gasteiger partial charge in [-0.3, -0.25) is 20.0 Å². The highest BCUT2D eigenvalue weighted by atomic mass is 16.2. The lowest BCUT2D eigenvalue weighted by atomic mass is 10.1. The summed E-state index contributed by atoms with van der Waals surface area (Å²) >= 11 is 0. The molecule has 0 saturated heterocycles. The lowest BCUT2D eigenvalue weighted by Gasteiger charge is -2.31. The number of hydrogen-bond donors (Lipinski definition) is 8. The Morgan fingerprint density at radius 2 is 0.531 bits per heavy atom. The highest BCUT2D eigenvalue weighted by Crippen LogP contribution is 2.16. The normalized spacial score (nSPS) is 11.7. The largest absolute Gasteiger partial charge is 0.370 e. The molecule has 0 unspecified atom stereocenters. The van der Waals surface area contributed by atoms with Crippen LogP contribution in [0.5, 0.6) is 0 Å². The molecule has 0 aromatic heterocycles. The number of nitrogens with two attached hydrogens (primary N) is 6. The van der Waals surface area contributed by atoms with E-state index in [1.54, 1.807) is 0 Å². The SMILES string of the molecule is CCNC(N)=NCCCCCCCCCCN(CCCCCCCCCCN=C(N)N)C(=O)N(CCCCCCCCCCN=C(N)N)CCCCCCCCCCN=C(N)NCC. The predicted molar refractivity (Wildman–Crippen MR) is 278 cm³/mol. The van der Waals surface area contributed by atoms with E-state index in [4.69, 9.17) is 34.4 Å². The van der Waals surface area contributed by atoms with E-state index in [2.05, 4.69) is 40.4 Å². The number of nitrogens with zero attached hydrogens (tertiary/aromatic N) is 6. The Kier molecular flexibility index (Phi) is 44.6. The zero-order chi connectivity index (χ0) is 47.0. The second-order valence-electron chi connectivity index (χ2n) is 17.8. The Bertz CT molecular complexity index is 1070. The minimum Gasteiger partial charge on any atom is -0.370 e. The second kappa shape index (κ2) is 47.3. The number of aliphatic imine (C=N–C) groups is 4. The van der Waals surface area contributed by atoms with Crippen LogP contribution in [-0.4, -0.2) is 105 Å². The van der Waals surface area contributed by atoms with Gasteiger partial charge in [0.1, 0.15) is 0 Å². The number of amides is 2. The quantitative estimate of drug-likeness (QED) is 0.0165. The smallest absolute Gasteiger partial charge is 0.319 e. The van der Waals surface area contributed by atoms with E-state index in [9.17, 15) is 4.79 Å². The molecule has 0 aliphatic rings. The molecule has 0 aromatic carbocycles. The van der Waals surface area contributed by atoms with Gasteiger partial charge in [-0.15, -0.1) is 0 Å². The molecule has 0 heterocycles. The van der Waals surface area contributed by atoms with Gasteiger partial charge in [0.2, 0.25) is 0 Å². The summed E-state index contributed by atoms with van der Waals surface area (Å²) in [6.45, 7) is 12.2. The number of guanidine groups is 4. The Labute approximate surface area is 393 Å². The average molecular weight is 905 g/mol. The Hall–Kier alpha value is -3.65. The van der Waals surface area contributed by atoms with Crippen LogP contribution in [0.2, 0.25) is 0 Å². The lowest BCUT2D eigenvalue weighted by Crippen LogP contribution is -2.45. The standard InChI is InChI=1S/C49H104N14O/c1-3-56-47(54)60-39-31-23-15-7-11-19-27-35-43-62(41-33-25-17-9-5-13-21-29-37-58-45(50)51)49(64)63(42-34-26-18-10-6-14-22-30-38-59-46(52)53)44-36-28-20-12-8-16-24-32-40-61-48(55)57-4-2/h3-44H2,1-2H3,(H4,50,51,58)(H4,52,53,59)(H3,54,56,60)(H3,55,57,61). The summed E-state index contributed by atoms with van der Waals surface area (Å²) in [5, 5.41) is 6.12. The molecular weight excluding hydrogens is 801 g/mol. The van der Waals surface area contributed by atoms with Gasteiger partial charge >= 0.3 is 6.03 Å². The molecule has 2 amide bonds. The van der Waals surface area contributed by atoms with Gasteiger partial charge in [0.05, 0.1) is 0 Å². The molecule has 15 heteroatoms. The fourth-order valence-corrected chi connectivity index (χ4v) is 8.00. The maximum Gasteiger partial charge on any atom is 0.319 e. The van der Waals surface area contributed by atoms with Gasteiger partial charge in [0.15, 0.2) is 23.8 Å². The van der Waals surface area contributed by atoms with Crippen LogP contribution < -0.4 is 45.0 Å². The van der Waals surface area contributed by atoms with Crippen molar-refractivity contribution in [2.24, 2.45) is 54.4 Å². The van der Waals surface area contributed by atoms with E-state index >= 15 is 0 Å². The summed E-state index contributed by atoms with van der Waals surface area (Å²) < 4.78 is 0. The predicted octanol–water partition coefficient (Wildman–Crippen LogP) is 8.59. The first-order valence-corrected chi connectivity index (χ1v) is 26.4. The molecular formula is C49H104N14O. The highest BCUT2D eigenvalue weighted by molar-refractivity contribution is 5.78. The van der Waals surface area contributed by atoms with Crippen LogP contribution in [0.3, 0.4) is 0 Å². The molecule has 0 fully saturated rings. The van der Waals surface area contributed by atoms with Crippen molar-refractivity contribution < 1.29 is 4.79 Å². The molecule has 0 rings (SSSR count). The van der Waals surface area contributed by atoms with Crippen molar-refractivity contribution in [2.45, 2.75) is 219 Å². The molecule has 0 atom stereocenters. The van der Waals surface area contributed by atoms with Gasteiger partial charge in [-0.05, 0) is 65.2 Å². The number of unbranched alkanes of at least 4 members (excludes halogenated alkanes) is 28. The third-order valence-electron chi connectivity index (χ3n) is 11.8. The van der Waals surface area contributed by atoms with E-state index in [1.807, 2.05) is 13.8 Å². The second-order valence-corrected chi connectivity index (χ2v) is 17.8. The first kappa shape index (κ1) is 60.4. The fraction of sp³-hybridized carbons (Fsp3) is 0.898. The summed E-state index contributed by atoms with van der Waals surface area (Å²) in [7, 11) is 0. The lowest BCUT2D eigenvalue weighted by molar-refractivity contribution is 0.148. The van der Waals surface area contributed by atoms with E-state index in [1.165, 1.54) is 154 Å². The summed E-state index contributed by atoms with van der Waals surface area (Å²) in [5.74, 6) is 1.48. The average Bonchev–Trinajstić information content (AvgIpc) is 3.26. The maximum absolute atomic E-state index is 14.4. The van der Waals surface area contributed by atoms with Crippen LogP contribution in [0.4, 0.5) is 4.79 Å². The van der Waals surface area contributed by atoms with Crippen LogP contribution in [-0.2, 0) is 0 Å². The van der Waals surface area contributed by atoms with E-state index in [-0.39, 0.29) is 18.0 Å². The van der Waals surface area contributed by atoms with Crippen molar-refractivity contribution in [3.63, 3.8) is 0 Å². The van der Waals surface area contributed by atoms with Gasteiger partial charge in [-0.25, -0.2) is 4.79 Å². The molecule has 0 bridgehead atoms. The molecule has 0 saturated carbocycles. The number of urea groups is 1. The van der Waals surface area contributed by atoms with Crippen LogP contribution in [0, 0.1) is 0 Å². The third kappa shape index (κ3) is 43.6. The molecule has 0 spiro atoms. The van der Waals surface area contributed by atoms with E-state index < -0.39 is 0 Å². The zero-order valence-corrected chi connectivity index (χ0v) is 41.8. The summed E-state index contributed by atoms with van der Waals surface area (Å²) in [6.07, 6.45) is 38.0. The molecule has 0 aromatic rings.